The maximum absolute atomic E-state index is 11.6. The van der Waals surface area contributed by atoms with Crippen molar-refractivity contribution >= 4 is 23.9 Å². The van der Waals surface area contributed by atoms with Crippen LogP contribution in [0.1, 0.15) is 30.0 Å². The molecule has 1 aliphatic heterocycles. The molecule has 0 unspecified atom stereocenters. The molecular weight excluding hydrogens is 250 g/mol. The number of hydrogen-bond donors (Lipinski definition) is 3. The quantitative estimate of drug-likeness (QED) is 0.706. The van der Waals surface area contributed by atoms with Gasteiger partial charge in [-0.2, -0.15) is 0 Å². The van der Waals surface area contributed by atoms with Gasteiger partial charge in [-0.3, -0.25) is 4.79 Å². The second-order valence-electron chi connectivity index (χ2n) is 4.22. The number of carboxylic acid groups (broad SMARTS) is 1. The van der Waals surface area contributed by atoms with E-state index in [1.807, 2.05) is 13.8 Å². The van der Waals surface area contributed by atoms with Gasteiger partial charge >= 0.3 is 5.97 Å². The number of H-pyrrole nitrogens is 1. The SMILES string of the molecule is CC(C)OC1=NNC(=O)C1=Cc1ccc(C(=O)O)[nH]1. The van der Waals surface area contributed by atoms with Crippen LogP contribution in [0.25, 0.3) is 6.08 Å². The van der Waals surface area contributed by atoms with Crippen molar-refractivity contribution in [3.63, 3.8) is 0 Å². The van der Waals surface area contributed by atoms with Crippen LogP contribution in [0.5, 0.6) is 0 Å². The molecular formula is C12H13N3O4. The summed E-state index contributed by atoms with van der Waals surface area (Å²) in [5.74, 6) is -1.25. The molecule has 1 aromatic rings. The third kappa shape index (κ3) is 2.82. The van der Waals surface area contributed by atoms with E-state index in [1.54, 1.807) is 6.07 Å². The Balaban J connectivity index is 2.26. The minimum Gasteiger partial charge on any atom is -0.477 e. The number of rotatable bonds is 3. The number of nitrogens with one attached hydrogen (secondary N) is 2. The summed E-state index contributed by atoms with van der Waals surface area (Å²) in [5.41, 5.74) is 3.10. The highest BCUT2D eigenvalue weighted by atomic mass is 16.5. The molecule has 0 atom stereocenters. The van der Waals surface area contributed by atoms with Crippen LogP contribution in [0, 0.1) is 0 Å². The summed E-state index contributed by atoms with van der Waals surface area (Å²) in [4.78, 5) is 25.0. The number of carbonyl (C=O) groups is 2. The molecule has 1 aromatic heterocycles. The number of hydrogen-bond acceptors (Lipinski definition) is 4. The van der Waals surface area contributed by atoms with E-state index in [4.69, 9.17) is 9.84 Å². The zero-order valence-electron chi connectivity index (χ0n) is 10.4. The maximum Gasteiger partial charge on any atom is 0.352 e. The number of aromatic nitrogens is 1. The first-order chi connectivity index (χ1) is 8.97. The van der Waals surface area contributed by atoms with E-state index in [0.29, 0.717) is 5.69 Å². The highest BCUT2D eigenvalue weighted by Crippen LogP contribution is 2.14. The van der Waals surface area contributed by atoms with E-state index in [0.717, 1.165) is 0 Å². The summed E-state index contributed by atoms with van der Waals surface area (Å²) in [7, 11) is 0. The lowest BCUT2D eigenvalue weighted by Crippen LogP contribution is -2.16. The van der Waals surface area contributed by atoms with Gasteiger partial charge in [0.25, 0.3) is 5.91 Å². The molecule has 0 radical (unpaired) electrons. The summed E-state index contributed by atoms with van der Waals surface area (Å²) in [6.45, 7) is 3.64. The topological polar surface area (TPSA) is 104 Å². The second kappa shape index (κ2) is 4.97. The first kappa shape index (κ1) is 12.9. The molecule has 19 heavy (non-hydrogen) atoms. The number of ether oxygens (including phenoxy) is 1. The van der Waals surface area contributed by atoms with Gasteiger partial charge < -0.3 is 14.8 Å². The maximum atomic E-state index is 11.6. The Labute approximate surface area is 109 Å². The summed E-state index contributed by atoms with van der Waals surface area (Å²) < 4.78 is 5.39. The molecule has 2 heterocycles. The fourth-order valence-electron chi connectivity index (χ4n) is 1.54. The molecule has 0 bridgehead atoms. The summed E-state index contributed by atoms with van der Waals surface area (Å²) in [5, 5.41) is 12.6. The lowest BCUT2D eigenvalue weighted by atomic mass is 10.2. The van der Waals surface area contributed by atoms with Crippen LogP contribution in [0.3, 0.4) is 0 Å². The summed E-state index contributed by atoms with van der Waals surface area (Å²) in [6, 6.07) is 2.98. The molecule has 0 saturated carbocycles. The Hall–Kier alpha value is -2.57. The average Bonchev–Trinajstić information content (AvgIpc) is 2.90. The first-order valence-corrected chi connectivity index (χ1v) is 5.66. The van der Waals surface area contributed by atoms with Gasteiger partial charge in [-0.15, -0.1) is 5.10 Å². The van der Waals surface area contributed by atoms with Crippen molar-refractivity contribution in [3.8, 4) is 0 Å². The third-order valence-corrected chi connectivity index (χ3v) is 2.32. The number of aromatic amines is 1. The van der Waals surface area contributed by atoms with Gasteiger partial charge in [-0.25, -0.2) is 10.2 Å². The molecule has 0 aliphatic carbocycles. The molecule has 7 heteroatoms. The largest absolute Gasteiger partial charge is 0.477 e. The molecule has 0 saturated heterocycles. The minimum atomic E-state index is -1.06. The molecule has 1 aliphatic rings. The first-order valence-electron chi connectivity index (χ1n) is 5.66. The number of amides is 1. The molecule has 100 valence electrons. The van der Waals surface area contributed by atoms with Crippen molar-refractivity contribution in [1.82, 2.24) is 10.4 Å². The van der Waals surface area contributed by atoms with Gasteiger partial charge in [-0.05, 0) is 32.1 Å². The molecule has 0 spiro atoms. The Morgan fingerprint density at radius 1 is 1.47 bits per heavy atom. The van der Waals surface area contributed by atoms with Gasteiger partial charge in [0.05, 0.1) is 6.10 Å². The van der Waals surface area contributed by atoms with Crippen LogP contribution in [-0.4, -0.2) is 34.0 Å². The zero-order valence-corrected chi connectivity index (χ0v) is 10.4. The van der Waals surface area contributed by atoms with Crippen molar-refractivity contribution in [2.24, 2.45) is 5.10 Å². The fraction of sp³-hybridized carbons (Fsp3) is 0.250. The van der Waals surface area contributed by atoms with Gasteiger partial charge in [-0.1, -0.05) is 0 Å². The second-order valence-corrected chi connectivity index (χ2v) is 4.22. The highest BCUT2D eigenvalue weighted by Gasteiger charge is 2.25. The monoisotopic (exact) mass is 263 g/mol. The molecule has 0 aromatic carbocycles. The predicted molar refractivity (Wildman–Crippen MR) is 67.5 cm³/mol. The van der Waals surface area contributed by atoms with E-state index in [2.05, 4.69) is 15.5 Å². The standard InChI is InChI=1S/C12H13N3O4/c1-6(2)19-11-8(10(16)14-15-11)5-7-3-4-9(13-7)12(17)18/h3-6,13H,1-2H3,(H,14,16)(H,17,18). The molecule has 3 N–H and O–H groups in total. The Bertz CT molecular complexity index is 584. The fourth-order valence-corrected chi connectivity index (χ4v) is 1.54. The van der Waals surface area contributed by atoms with Crippen LogP contribution < -0.4 is 5.43 Å². The summed E-state index contributed by atoms with van der Waals surface area (Å²) >= 11 is 0. The Morgan fingerprint density at radius 3 is 2.79 bits per heavy atom. The van der Waals surface area contributed by atoms with E-state index in [9.17, 15) is 9.59 Å². The third-order valence-electron chi connectivity index (χ3n) is 2.32. The van der Waals surface area contributed by atoms with Gasteiger partial charge in [0.1, 0.15) is 11.3 Å². The highest BCUT2D eigenvalue weighted by molar-refractivity contribution is 6.24. The number of aromatic carboxylic acids is 1. The normalized spacial score (nSPS) is 16.7. The van der Waals surface area contributed by atoms with Crippen molar-refractivity contribution in [2.45, 2.75) is 20.0 Å². The Kier molecular flexibility index (Phi) is 3.37. The predicted octanol–water partition coefficient (Wildman–Crippen LogP) is 0.965. The molecule has 2 rings (SSSR count). The lowest BCUT2D eigenvalue weighted by molar-refractivity contribution is -0.116. The number of hydrazone groups is 1. The Morgan fingerprint density at radius 2 is 2.21 bits per heavy atom. The van der Waals surface area contributed by atoms with E-state index >= 15 is 0 Å². The van der Waals surface area contributed by atoms with Crippen LogP contribution >= 0.6 is 0 Å². The molecule has 1 amide bonds. The van der Waals surface area contributed by atoms with Crippen LogP contribution in [0.15, 0.2) is 22.8 Å². The van der Waals surface area contributed by atoms with E-state index in [-0.39, 0.29) is 29.2 Å². The van der Waals surface area contributed by atoms with Crippen LogP contribution in [0.2, 0.25) is 0 Å². The van der Waals surface area contributed by atoms with Crippen molar-refractivity contribution in [3.05, 3.63) is 29.1 Å². The summed E-state index contributed by atoms with van der Waals surface area (Å²) in [6.07, 6.45) is 1.38. The van der Waals surface area contributed by atoms with E-state index < -0.39 is 5.97 Å². The van der Waals surface area contributed by atoms with Gasteiger partial charge in [0.2, 0.25) is 5.90 Å². The van der Waals surface area contributed by atoms with Crippen molar-refractivity contribution in [1.29, 1.82) is 0 Å². The lowest BCUT2D eigenvalue weighted by Gasteiger charge is -2.08. The molecule has 7 nitrogen and oxygen atoms in total. The van der Waals surface area contributed by atoms with Gasteiger partial charge in [0.15, 0.2) is 0 Å². The minimum absolute atomic E-state index is 0.0496. The zero-order chi connectivity index (χ0) is 14.0. The van der Waals surface area contributed by atoms with Crippen LogP contribution in [-0.2, 0) is 9.53 Å². The molecule has 0 fully saturated rings. The van der Waals surface area contributed by atoms with Crippen molar-refractivity contribution in [2.75, 3.05) is 0 Å². The smallest absolute Gasteiger partial charge is 0.352 e. The average molecular weight is 263 g/mol. The van der Waals surface area contributed by atoms with E-state index in [1.165, 1.54) is 12.1 Å². The van der Waals surface area contributed by atoms with Crippen LogP contribution in [0.4, 0.5) is 0 Å². The number of carboxylic acids is 1. The van der Waals surface area contributed by atoms with Crippen molar-refractivity contribution < 1.29 is 19.4 Å². The number of carbonyl (C=O) groups excluding carboxylic acids is 1. The number of nitrogens with zero attached hydrogens (tertiary/aromatic N) is 1. The van der Waals surface area contributed by atoms with Gasteiger partial charge in [0, 0.05) is 5.69 Å².